The van der Waals surface area contributed by atoms with Crippen molar-refractivity contribution in [3.05, 3.63) is 60.8 Å². The van der Waals surface area contributed by atoms with E-state index in [0.717, 1.165) is 25.7 Å². The molecule has 0 saturated heterocycles. The van der Waals surface area contributed by atoms with E-state index in [9.17, 15) is 9.90 Å². The summed E-state index contributed by atoms with van der Waals surface area (Å²) in [4.78, 5) is 11.8. The van der Waals surface area contributed by atoms with Gasteiger partial charge in [-0.05, 0) is 32.6 Å². The zero-order valence-electron chi connectivity index (χ0n) is 16.1. The van der Waals surface area contributed by atoms with Crippen molar-refractivity contribution in [2.24, 2.45) is 0 Å². The molecule has 3 heteroatoms. The third-order valence-electron chi connectivity index (χ3n) is 3.68. The molecule has 0 aromatic rings. The standard InChI is InChI=1S/C22H35NO2/c1-4-7-8-9-10-11-12-13-14-15-16-17-21(24)23-20-22(25,18-5-2)19-6-3/h4,7-9,12-17,25H,5-6,10-11,18-20H2,1-3H3,(H,23,24). The van der Waals surface area contributed by atoms with Crippen LogP contribution in [0.4, 0.5) is 0 Å². The van der Waals surface area contributed by atoms with E-state index in [1.165, 1.54) is 6.08 Å². The largest absolute Gasteiger partial charge is 0.388 e. The van der Waals surface area contributed by atoms with Crippen molar-refractivity contribution >= 4 is 5.91 Å². The van der Waals surface area contributed by atoms with Crippen LogP contribution in [0.5, 0.6) is 0 Å². The van der Waals surface area contributed by atoms with Gasteiger partial charge in [0.1, 0.15) is 0 Å². The third kappa shape index (κ3) is 14.2. The Hall–Kier alpha value is -1.87. The van der Waals surface area contributed by atoms with Gasteiger partial charge >= 0.3 is 0 Å². The van der Waals surface area contributed by atoms with Gasteiger partial charge in [0.15, 0.2) is 0 Å². The summed E-state index contributed by atoms with van der Waals surface area (Å²) in [5, 5.41) is 13.2. The molecule has 0 fully saturated rings. The van der Waals surface area contributed by atoms with Crippen molar-refractivity contribution in [2.45, 2.75) is 64.9 Å². The first-order valence-electron chi connectivity index (χ1n) is 9.36. The highest BCUT2D eigenvalue weighted by Crippen LogP contribution is 2.18. The van der Waals surface area contributed by atoms with Crippen LogP contribution in [0, 0.1) is 0 Å². The highest BCUT2D eigenvalue weighted by Gasteiger charge is 2.24. The van der Waals surface area contributed by atoms with Crippen LogP contribution in [-0.2, 0) is 4.79 Å². The minimum atomic E-state index is -0.785. The maximum absolute atomic E-state index is 11.8. The summed E-state index contributed by atoms with van der Waals surface area (Å²) in [7, 11) is 0. The molecule has 1 amide bonds. The zero-order chi connectivity index (χ0) is 18.8. The number of carbonyl (C=O) groups is 1. The van der Waals surface area contributed by atoms with Gasteiger partial charge in [-0.25, -0.2) is 0 Å². The molecule has 0 radical (unpaired) electrons. The summed E-state index contributed by atoms with van der Waals surface area (Å²) in [6.07, 6.45) is 24.5. The summed E-state index contributed by atoms with van der Waals surface area (Å²) in [5.74, 6) is -0.173. The van der Waals surface area contributed by atoms with Crippen molar-refractivity contribution in [1.82, 2.24) is 5.32 Å². The number of nitrogens with one attached hydrogen (secondary N) is 1. The van der Waals surface area contributed by atoms with Crippen molar-refractivity contribution in [3.63, 3.8) is 0 Å². The van der Waals surface area contributed by atoms with Gasteiger partial charge in [-0.15, -0.1) is 0 Å². The number of carbonyl (C=O) groups excluding carboxylic acids is 1. The van der Waals surface area contributed by atoms with Crippen LogP contribution in [0.1, 0.15) is 59.3 Å². The number of unbranched alkanes of at least 4 members (excludes halogenated alkanes) is 1. The molecular weight excluding hydrogens is 310 g/mol. The van der Waals surface area contributed by atoms with Crippen LogP contribution in [0.25, 0.3) is 0 Å². The molecule has 3 nitrogen and oxygen atoms in total. The van der Waals surface area contributed by atoms with E-state index in [-0.39, 0.29) is 5.91 Å². The molecule has 0 rings (SSSR count). The molecule has 0 heterocycles. The third-order valence-corrected chi connectivity index (χ3v) is 3.68. The molecule has 0 aromatic heterocycles. The quantitative estimate of drug-likeness (QED) is 0.280. The number of rotatable bonds is 13. The minimum Gasteiger partial charge on any atom is -0.388 e. The minimum absolute atomic E-state index is 0.173. The fourth-order valence-electron chi connectivity index (χ4n) is 2.47. The second-order valence-electron chi connectivity index (χ2n) is 6.15. The lowest BCUT2D eigenvalue weighted by molar-refractivity contribution is -0.117. The fourth-order valence-corrected chi connectivity index (χ4v) is 2.47. The lowest BCUT2D eigenvalue weighted by atomic mass is 9.92. The molecule has 0 atom stereocenters. The molecule has 0 saturated carbocycles. The van der Waals surface area contributed by atoms with Gasteiger partial charge in [0, 0.05) is 12.6 Å². The van der Waals surface area contributed by atoms with E-state index in [4.69, 9.17) is 0 Å². The van der Waals surface area contributed by atoms with E-state index < -0.39 is 5.60 Å². The zero-order valence-corrected chi connectivity index (χ0v) is 16.1. The van der Waals surface area contributed by atoms with Crippen molar-refractivity contribution in [2.75, 3.05) is 6.54 Å². The van der Waals surface area contributed by atoms with E-state index in [0.29, 0.717) is 19.4 Å². The number of hydrogen-bond acceptors (Lipinski definition) is 2. The van der Waals surface area contributed by atoms with E-state index in [1.54, 1.807) is 6.08 Å². The summed E-state index contributed by atoms with van der Waals surface area (Å²) < 4.78 is 0. The number of allylic oxidation sites excluding steroid dienone is 9. The molecule has 2 N–H and O–H groups in total. The lowest BCUT2D eigenvalue weighted by Crippen LogP contribution is -2.42. The number of amides is 1. The van der Waals surface area contributed by atoms with Crippen LogP contribution in [0.2, 0.25) is 0 Å². The molecule has 0 aliphatic carbocycles. The van der Waals surface area contributed by atoms with Gasteiger partial charge < -0.3 is 10.4 Å². The average Bonchev–Trinajstić information content (AvgIpc) is 2.58. The summed E-state index contributed by atoms with van der Waals surface area (Å²) >= 11 is 0. The highest BCUT2D eigenvalue weighted by molar-refractivity contribution is 5.87. The first kappa shape index (κ1) is 23.1. The fraction of sp³-hybridized carbons (Fsp3) is 0.500. The Morgan fingerprint density at radius 3 is 2.04 bits per heavy atom. The van der Waals surface area contributed by atoms with Gasteiger partial charge in [-0.1, -0.05) is 81.4 Å². The lowest BCUT2D eigenvalue weighted by Gasteiger charge is -2.27. The summed E-state index contributed by atoms with van der Waals surface area (Å²) in [6.45, 7) is 6.39. The molecule has 0 aliphatic heterocycles. The van der Waals surface area contributed by atoms with Crippen molar-refractivity contribution < 1.29 is 9.90 Å². The summed E-state index contributed by atoms with van der Waals surface area (Å²) in [5.41, 5.74) is -0.785. The molecule has 0 aromatic carbocycles. The second-order valence-corrected chi connectivity index (χ2v) is 6.15. The Morgan fingerprint density at radius 1 is 0.920 bits per heavy atom. The van der Waals surface area contributed by atoms with E-state index in [2.05, 4.69) is 17.5 Å². The Kier molecular flexibility index (Phi) is 14.5. The van der Waals surface area contributed by atoms with Crippen molar-refractivity contribution in [1.29, 1.82) is 0 Å². The predicted octanol–water partition coefficient (Wildman–Crippen LogP) is 5.02. The number of hydrogen-bond donors (Lipinski definition) is 2. The van der Waals surface area contributed by atoms with Crippen LogP contribution >= 0.6 is 0 Å². The van der Waals surface area contributed by atoms with Gasteiger partial charge in [0.25, 0.3) is 0 Å². The second kappa shape index (κ2) is 15.6. The predicted molar refractivity (Wildman–Crippen MR) is 108 cm³/mol. The van der Waals surface area contributed by atoms with Crippen LogP contribution in [0.15, 0.2) is 60.8 Å². The Bertz CT molecular complexity index is 478. The Morgan fingerprint density at radius 2 is 1.48 bits per heavy atom. The number of aliphatic hydroxyl groups is 1. The van der Waals surface area contributed by atoms with Gasteiger partial charge in [-0.2, -0.15) is 0 Å². The first-order chi connectivity index (χ1) is 12.1. The average molecular weight is 346 g/mol. The van der Waals surface area contributed by atoms with Crippen molar-refractivity contribution in [3.8, 4) is 0 Å². The molecular formula is C22H35NO2. The van der Waals surface area contributed by atoms with Gasteiger partial charge in [0.2, 0.25) is 5.91 Å². The van der Waals surface area contributed by atoms with E-state index in [1.807, 2.05) is 57.2 Å². The summed E-state index contributed by atoms with van der Waals surface area (Å²) in [6, 6.07) is 0. The van der Waals surface area contributed by atoms with Gasteiger partial charge in [0.05, 0.1) is 5.60 Å². The molecule has 0 bridgehead atoms. The highest BCUT2D eigenvalue weighted by atomic mass is 16.3. The topological polar surface area (TPSA) is 49.3 Å². The SMILES string of the molecule is CC=CC=CCCC=CC=CC=CC(=O)NCC(O)(CCC)CCC. The molecule has 25 heavy (non-hydrogen) atoms. The van der Waals surface area contributed by atoms with Crippen LogP contribution in [-0.4, -0.2) is 23.2 Å². The molecule has 0 aliphatic rings. The Labute approximate surface area is 153 Å². The molecule has 0 unspecified atom stereocenters. The smallest absolute Gasteiger partial charge is 0.244 e. The molecule has 0 spiro atoms. The first-order valence-corrected chi connectivity index (χ1v) is 9.36. The van der Waals surface area contributed by atoms with Crippen LogP contribution < -0.4 is 5.32 Å². The maximum Gasteiger partial charge on any atom is 0.244 e. The van der Waals surface area contributed by atoms with E-state index >= 15 is 0 Å². The van der Waals surface area contributed by atoms with Crippen LogP contribution in [0.3, 0.4) is 0 Å². The Balaban J connectivity index is 4.05. The normalized spacial score (nSPS) is 13.3. The molecule has 140 valence electrons. The maximum atomic E-state index is 11.8. The van der Waals surface area contributed by atoms with Gasteiger partial charge in [-0.3, -0.25) is 4.79 Å². The monoisotopic (exact) mass is 345 g/mol.